The standard InChI is InChI=1S/C14H28N2/c1-13-11-16(10-6-9-15-13)12-14(2)7-4-3-5-8-14/h13,15H,3-12H2,1-2H3. The molecule has 1 aliphatic carbocycles. The third-order valence-corrected chi connectivity index (χ3v) is 4.34. The van der Waals surface area contributed by atoms with Crippen molar-refractivity contribution in [3.8, 4) is 0 Å². The van der Waals surface area contributed by atoms with Crippen molar-refractivity contribution in [3.05, 3.63) is 0 Å². The fraction of sp³-hybridized carbons (Fsp3) is 1.00. The minimum absolute atomic E-state index is 0.613. The van der Waals surface area contributed by atoms with Crippen LogP contribution in [0.25, 0.3) is 0 Å². The van der Waals surface area contributed by atoms with E-state index in [4.69, 9.17) is 0 Å². The van der Waals surface area contributed by atoms with Gasteiger partial charge in [0.1, 0.15) is 0 Å². The van der Waals surface area contributed by atoms with Gasteiger partial charge in [0.25, 0.3) is 0 Å². The Hall–Kier alpha value is -0.0800. The Morgan fingerprint density at radius 1 is 1.19 bits per heavy atom. The zero-order valence-electron chi connectivity index (χ0n) is 11.1. The molecule has 0 bridgehead atoms. The van der Waals surface area contributed by atoms with Crippen LogP contribution >= 0.6 is 0 Å². The van der Waals surface area contributed by atoms with E-state index in [0.29, 0.717) is 11.5 Å². The largest absolute Gasteiger partial charge is 0.313 e. The van der Waals surface area contributed by atoms with Crippen LogP contribution in [0.4, 0.5) is 0 Å². The molecule has 0 aromatic heterocycles. The van der Waals surface area contributed by atoms with Gasteiger partial charge in [0, 0.05) is 19.1 Å². The fourth-order valence-corrected chi connectivity index (χ4v) is 3.44. The van der Waals surface area contributed by atoms with Crippen molar-refractivity contribution in [1.82, 2.24) is 10.2 Å². The van der Waals surface area contributed by atoms with Gasteiger partial charge in [-0.15, -0.1) is 0 Å². The number of hydrogen-bond donors (Lipinski definition) is 1. The summed E-state index contributed by atoms with van der Waals surface area (Å²) >= 11 is 0. The molecule has 2 heteroatoms. The highest BCUT2D eigenvalue weighted by Crippen LogP contribution is 2.36. The van der Waals surface area contributed by atoms with E-state index in [1.165, 1.54) is 64.7 Å². The normalized spacial score (nSPS) is 32.2. The molecule has 1 saturated carbocycles. The predicted octanol–water partition coefficient (Wildman–Crippen LogP) is 2.64. The summed E-state index contributed by atoms with van der Waals surface area (Å²) < 4.78 is 0. The minimum atomic E-state index is 0.613. The molecule has 2 nitrogen and oxygen atoms in total. The van der Waals surface area contributed by atoms with Gasteiger partial charge in [-0.25, -0.2) is 0 Å². The van der Waals surface area contributed by atoms with E-state index in [0.717, 1.165) is 0 Å². The van der Waals surface area contributed by atoms with Crippen LogP contribution in [0, 0.1) is 5.41 Å². The average Bonchev–Trinajstić information content (AvgIpc) is 2.43. The van der Waals surface area contributed by atoms with Crippen LogP contribution in [0.3, 0.4) is 0 Å². The lowest BCUT2D eigenvalue weighted by Crippen LogP contribution is -2.41. The maximum Gasteiger partial charge on any atom is 0.0166 e. The van der Waals surface area contributed by atoms with E-state index in [9.17, 15) is 0 Å². The summed E-state index contributed by atoms with van der Waals surface area (Å²) in [4.78, 5) is 2.70. The molecule has 1 aliphatic heterocycles. The van der Waals surface area contributed by atoms with Gasteiger partial charge in [-0.2, -0.15) is 0 Å². The molecule has 1 saturated heterocycles. The van der Waals surface area contributed by atoms with Crippen molar-refractivity contribution in [1.29, 1.82) is 0 Å². The van der Waals surface area contributed by atoms with Crippen molar-refractivity contribution < 1.29 is 0 Å². The predicted molar refractivity (Wildman–Crippen MR) is 69.7 cm³/mol. The molecule has 1 heterocycles. The van der Waals surface area contributed by atoms with Crippen molar-refractivity contribution in [2.45, 2.75) is 58.4 Å². The molecule has 1 N–H and O–H groups in total. The molecule has 1 atom stereocenters. The lowest BCUT2D eigenvalue weighted by atomic mass is 9.75. The lowest BCUT2D eigenvalue weighted by molar-refractivity contribution is 0.121. The first-order valence-corrected chi connectivity index (χ1v) is 7.14. The molecular weight excluding hydrogens is 196 g/mol. The van der Waals surface area contributed by atoms with Gasteiger partial charge in [-0.1, -0.05) is 26.2 Å². The van der Waals surface area contributed by atoms with Gasteiger partial charge in [-0.05, 0) is 44.7 Å². The summed E-state index contributed by atoms with van der Waals surface area (Å²) in [7, 11) is 0. The van der Waals surface area contributed by atoms with E-state index in [2.05, 4.69) is 24.1 Å². The van der Waals surface area contributed by atoms with Crippen molar-refractivity contribution in [2.24, 2.45) is 5.41 Å². The van der Waals surface area contributed by atoms with Gasteiger partial charge in [0.2, 0.25) is 0 Å². The molecule has 0 radical (unpaired) electrons. The topological polar surface area (TPSA) is 15.3 Å². The monoisotopic (exact) mass is 224 g/mol. The molecule has 0 spiro atoms. The van der Waals surface area contributed by atoms with Gasteiger partial charge in [-0.3, -0.25) is 0 Å². The molecule has 2 aliphatic rings. The Kier molecular flexibility index (Phi) is 4.26. The zero-order valence-corrected chi connectivity index (χ0v) is 11.1. The highest BCUT2D eigenvalue weighted by Gasteiger charge is 2.29. The third kappa shape index (κ3) is 3.46. The molecule has 16 heavy (non-hydrogen) atoms. The van der Waals surface area contributed by atoms with Crippen molar-refractivity contribution in [2.75, 3.05) is 26.2 Å². The zero-order chi connectivity index (χ0) is 11.4. The fourth-order valence-electron chi connectivity index (χ4n) is 3.44. The van der Waals surface area contributed by atoms with Gasteiger partial charge >= 0.3 is 0 Å². The minimum Gasteiger partial charge on any atom is -0.313 e. The molecule has 1 unspecified atom stereocenters. The Bertz CT molecular complexity index is 209. The van der Waals surface area contributed by atoms with Crippen LogP contribution in [0.2, 0.25) is 0 Å². The molecule has 0 aromatic rings. The quantitative estimate of drug-likeness (QED) is 0.776. The van der Waals surface area contributed by atoms with E-state index in [-0.39, 0.29) is 0 Å². The second kappa shape index (κ2) is 5.50. The first-order chi connectivity index (χ1) is 7.68. The number of nitrogens with zero attached hydrogens (tertiary/aromatic N) is 1. The number of hydrogen-bond acceptors (Lipinski definition) is 2. The van der Waals surface area contributed by atoms with Crippen LogP contribution in [-0.4, -0.2) is 37.1 Å². The van der Waals surface area contributed by atoms with E-state index < -0.39 is 0 Å². The van der Waals surface area contributed by atoms with E-state index in [1.807, 2.05) is 0 Å². The highest BCUT2D eigenvalue weighted by atomic mass is 15.2. The van der Waals surface area contributed by atoms with Crippen LogP contribution in [0.15, 0.2) is 0 Å². The van der Waals surface area contributed by atoms with Crippen LogP contribution in [0.1, 0.15) is 52.4 Å². The second-order valence-electron chi connectivity index (χ2n) is 6.32. The molecule has 0 amide bonds. The smallest absolute Gasteiger partial charge is 0.0166 e. The Morgan fingerprint density at radius 2 is 1.94 bits per heavy atom. The van der Waals surface area contributed by atoms with Gasteiger partial charge in [0.05, 0.1) is 0 Å². The van der Waals surface area contributed by atoms with E-state index >= 15 is 0 Å². The van der Waals surface area contributed by atoms with Crippen LogP contribution in [-0.2, 0) is 0 Å². The Balaban J connectivity index is 1.86. The summed E-state index contributed by atoms with van der Waals surface area (Å²) in [5, 5.41) is 3.58. The average molecular weight is 224 g/mol. The molecule has 0 aromatic carbocycles. The number of nitrogens with one attached hydrogen (secondary N) is 1. The lowest BCUT2D eigenvalue weighted by Gasteiger charge is -2.38. The highest BCUT2D eigenvalue weighted by molar-refractivity contribution is 4.84. The van der Waals surface area contributed by atoms with E-state index in [1.54, 1.807) is 0 Å². The summed E-state index contributed by atoms with van der Waals surface area (Å²) in [6.07, 6.45) is 8.60. The molecular formula is C14H28N2. The first-order valence-electron chi connectivity index (χ1n) is 7.14. The number of rotatable bonds is 2. The molecule has 2 rings (SSSR count). The third-order valence-electron chi connectivity index (χ3n) is 4.34. The summed E-state index contributed by atoms with van der Waals surface area (Å²) in [5.41, 5.74) is 0.613. The Morgan fingerprint density at radius 3 is 2.69 bits per heavy atom. The SMILES string of the molecule is CC1CN(CC2(C)CCCCC2)CCCN1. The molecule has 94 valence electrons. The molecule has 2 fully saturated rings. The van der Waals surface area contributed by atoms with Gasteiger partial charge < -0.3 is 10.2 Å². The maximum absolute atomic E-state index is 3.58. The summed E-state index contributed by atoms with van der Waals surface area (Å²) in [5.74, 6) is 0. The second-order valence-corrected chi connectivity index (χ2v) is 6.32. The summed E-state index contributed by atoms with van der Waals surface area (Å²) in [6, 6.07) is 0.676. The maximum atomic E-state index is 3.58. The van der Waals surface area contributed by atoms with Crippen LogP contribution in [0.5, 0.6) is 0 Å². The first kappa shape index (κ1) is 12.4. The van der Waals surface area contributed by atoms with Crippen molar-refractivity contribution >= 4 is 0 Å². The summed E-state index contributed by atoms with van der Waals surface area (Å²) in [6.45, 7) is 9.91. The Labute approximate surface area is 101 Å². The van der Waals surface area contributed by atoms with Gasteiger partial charge in [0.15, 0.2) is 0 Å². The van der Waals surface area contributed by atoms with Crippen molar-refractivity contribution in [3.63, 3.8) is 0 Å². The van der Waals surface area contributed by atoms with Crippen LogP contribution < -0.4 is 5.32 Å².